The summed E-state index contributed by atoms with van der Waals surface area (Å²) in [6.45, 7) is 6.70. The first kappa shape index (κ1) is 79.4. The fraction of sp³-hybridized carbons (Fsp3) is 0.855. The molecule has 0 amide bonds. The van der Waals surface area contributed by atoms with E-state index >= 15 is 0 Å². The summed E-state index contributed by atoms with van der Waals surface area (Å²) in [7, 11) is 0. The SMILES string of the molecule is CCCCCCC/C=C\C/C=C\C/C=C\CCCCCCCCCCCCCCCCC(=O)OCC(COC(=O)CCCCCCCCCCCCCCCC)OC(=O)CCCCCCCCCCC/C=C\CCCCCCCCCC. The summed E-state index contributed by atoms with van der Waals surface area (Å²) in [6.07, 6.45) is 90.0. The molecule has 6 heteroatoms. The van der Waals surface area contributed by atoms with Crippen molar-refractivity contribution < 1.29 is 28.6 Å². The molecule has 82 heavy (non-hydrogen) atoms. The van der Waals surface area contributed by atoms with Gasteiger partial charge in [0.05, 0.1) is 0 Å². The molecule has 6 nitrogen and oxygen atoms in total. The molecule has 0 bridgehead atoms. The van der Waals surface area contributed by atoms with E-state index in [-0.39, 0.29) is 31.1 Å². The summed E-state index contributed by atoms with van der Waals surface area (Å²) >= 11 is 0. The summed E-state index contributed by atoms with van der Waals surface area (Å²) in [5, 5.41) is 0. The van der Waals surface area contributed by atoms with E-state index in [1.165, 1.54) is 289 Å². The number of carbonyl (C=O) groups is 3. The van der Waals surface area contributed by atoms with Crippen molar-refractivity contribution in [2.75, 3.05) is 13.2 Å². The predicted octanol–water partition coefficient (Wildman–Crippen LogP) is 25.3. The first-order valence-corrected chi connectivity index (χ1v) is 36.6. The molecule has 0 aromatic rings. The van der Waals surface area contributed by atoms with E-state index in [4.69, 9.17) is 14.2 Å². The van der Waals surface area contributed by atoms with Crippen molar-refractivity contribution in [1.82, 2.24) is 0 Å². The number of unbranched alkanes of at least 4 members (excludes halogenated alkanes) is 49. The summed E-state index contributed by atoms with van der Waals surface area (Å²) in [6, 6.07) is 0. The van der Waals surface area contributed by atoms with E-state index in [1.807, 2.05) is 0 Å². The Morgan fingerprint density at radius 1 is 0.244 bits per heavy atom. The summed E-state index contributed by atoms with van der Waals surface area (Å²) in [4.78, 5) is 38.5. The van der Waals surface area contributed by atoms with Gasteiger partial charge in [-0.1, -0.05) is 345 Å². The Balaban J connectivity index is 4.23. The van der Waals surface area contributed by atoms with Gasteiger partial charge in [-0.3, -0.25) is 14.4 Å². The van der Waals surface area contributed by atoms with Gasteiger partial charge in [-0.25, -0.2) is 0 Å². The molecule has 0 aliphatic heterocycles. The van der Waals surface area contributed by atoms with Crippen LogP contribution in [0.15, 0.2) is 48.6 Å². The third kappa shape index (κ3) is 68.2. The number of allylic oxidation sites excluding steroid dienone is 8. The maximum atomic E-state index is 13.0. The summed E-state index contributed by atoms with van der Waals surface area (Å²) < 4.78 is 17.0. The van der Waals surface area contributed by atoms with Crippen LogP contribution in [0.3, 0.4) is 0 Å². The molecule has 0 aliphatic carbocycles. The van der Waals surface area contributed by atoms with Crippen LogP contribution in [0.25, 0.3) is 0 Å². The highest BCUT2D eigenvalue weighted by atomic mass is 16.6. The second-order valence-electron chi connectivity index (χ2n) is 24.9. The molecular weight excluding hydrogens is 1010 g/mol. The van der Waals surface area contributed by atoms with Crippen LogP contribution in [-0.4, -0.2) is 37.2 Å². The molecule has 0 fully saturated rings. The zero-order valence-corrected chi connectivity index (χ0v) is 55.3. The molecule has 0 spiro atoms. The van der Waals surface area contributed by atoms with Gasteiger partial charge in [-0.05, 0) is 83.5 Å². The van der Waals surface area contributed by atoms with Crippen LogP contribution in [0.4, 0.5) is 0 Å². The fourth-order valence-electron chi connectivity index (χ4n) is 11.0. The van der Waals surface area contributed by atoms with Crippen molar-refractivity contribution >= 4 is 17.9 Å². The van der Waals surface area contributed by atoms with Gasteiger partial charge < -0.3 is 14.2 Å². The fourth-order valence-corrected chi connectivity index (χ4v) is 11.0. The smallest absolute Gasteiger partial charge is 0.306 e. The number of hydrogen-bond acceptors (Lipinski definition) is 6. The number of hydrogen-bond donors (Lipinski definition) is 0. The van der Waals surface area contributed by atoms with Gasteiger partial charge in [0.2, 0.25) is 0 Å². The zero-order valence-electron chi connectivity index (χ0n) is 55.3. The Morgan fingerprint density at radius 3 is 0.695 bits per heavy atom. The molecular formula is C76H140O6. The van der Waals surface area contributed by atoms with Crippen LogP contribution in [-0.2, 0) is 28.6 Å². The van der Waals surface area contributed by atoms with Gasteiger partial charge >= 0.3 is 17.9 Å². The Bertz CT molecular complexity index is 1410. The van der Waals surface area contributed by atoms with Crippen molar-refractivity contribution in [3.8, 4) is 0 Å². The first-order chi connectivity index (χ1) is 40.5. The van der Waals surface area contributed by atoms with Gasteiger partial charge in [0.25, 0.3) is 0 Å². The molecule has 0 aromatic carbocycles. The van der Waals surface area contributed by atoms with Crippen LogP contribution in [0, 0.1) is 0 Å². The number of esters is 3. The highest BCUT2D eigenvalue weighted by Gasteiger charge is 2.19. The van der Waals surface area contributed by atoms with Gasteiger partial charge in [-0.15, -0.1) is 0 Å². The second kappa shape index (κ2) is 70.9. The molecule has 0 heterocycles. The maximum absolute atomic E-state index is 13.0. The largest absolute Gasteiger partial charge is 0.462 e. The van der Waals surface area contributed by atoms with Crippen LogP contribution < -0.4 is 0 Å². The molecule has 480 valence electrons. The predicted molar refractivity (Wildman–Crippen MR) is 358 cm³/mol. The summed E-state index contributed by atoms with van der Waals surface area (Å²) in [5.74, 6) is -0.843. The summed E-state index contributed by atoms with van der Waals surface area (Å²) in [5.41, 5.74) is 0. The Hall–Kier alpha value is -2.63. The van der Waals surface area contributed by atoms with Crippen molar-refractivity contribution in [3.05, 3.63) is 48.6 Å². The van der Waals surface area contributed by atoms with Crippen molar-refractivity contribution in [1.29, 1.82) is 0 Å². The minimum Gasteiger partial charge on any atom is -0.462 e. The highest BCUT2D eigenvalue weighted by Crippen LogP contribution is 2.18. The van der Waals surface area contributed by atoms with Gasteiger partial charge in [0, 0.05) is 19.3 Å². The Morgan fingerprint density at radius 2 is 0.439 bits per heavy atom. The second-order valence-corrected chi connectivity index (χ2v) is 24.9. The minimum atomic E-state index is -0.773. The van der Waals surface area contributed by atoms with Gasteiger partial charge in [0.1, 0.15) is 13.2 Å². The van der Waals surface area contributed by atoms with Crippen LogP contribution in [0.5, 0.6) is 0 Å². The minimum absolute atomic E-state index is 0.0686. The molecule has 0 radical (unpaired) electrons. The number of rotatable bonds is 68. The Labute approximate surface area is 511 Å². The lowest BCUT2D eigenvalue weighted by Crippen LogP contribution is -2.30. The van der Waals surface area contributed by atoms with E-state index in [2.05, 4.69) is 69.4 Å². The monoisotopic (exact) mass is 1150 g/mol. The van der Waals surface area contributed by atoms with E-state index in [1.54, 1.807) is 0 Å². The molecule has 0 aromatic heterocycles. The van der Waals surface area contributed by atoms with Crippen molar-refractivity contribution in [2.45, 2.75) is 406 Å². The normalized spacial score (nSPS) is 12.3. The average Bonchev–Trinajstić information content (AvgIpc) is 3.47. The zero-order chi connectivity index (χ0) is 59.2. The van der Waals surface area contributed by atoms with E-state index in [9.17, 15) is 14.4 Å². The first-order valence-electron chi connectivity index (χ1n) is 36.6. The standard InChI is InChI=1S/C76H140O6/c1-4-7-10-13-16-19-22-25-28-30-32-34-35-36-37-38-39-40-41-43-44-46-48-51-54-57-60-63-66-69-75(78)81-72-73(71-80-74(77)68-65-62-59-56-53-50-27-24-21-18-15-12-9-6-3)82-76(79)70-67-64-61-58-55-52-49-47-45-42-33-31-29-26-23-20-17-14-11-8-5-2/h22,25,30-33,35-36,73H,4-21,23-24,26-29,34,37-72H2,1-3H3/b25-22-,32-30-,33-31-,36-35-. The lowest BCUT2D eigenvalue weighted by atomic mass is 10.0. The molecule has 0 saturated carbocycles. The van der Waals surface area contributed by atoms with Crippen molar-refractivity contribution in [2.24, 2.45) is 0 Å². The molecule has 0 N–H and O–H groups in total. The lowest BCUT2D eigenvalue weighted by Gasteiger charge is -2.18. The van der Waals surface area contributed by atoms with E-state index in [0.717, 1.165) is 70.6 Å². The maximum Gasteiger partial charge on any atom is 0.306 e. The third-order valence-corrected chi connectivity index (χ3v) is 16.6. The molecule has 0 saturated heterocycles. The van der Waals surface area contributed by atoms with Crippen LogP contribution in [0.2, 0.25) is 0 Å². The van der Waals surface area contributed by atoms with E-state index < -0.39 is 6.10 Å². The van der Waals surface area contributed by atoms with Crippen LogP contribution in [0.1, 0.15) is 400 Å². The number of ether oxygens (including phenoxy) is 3. The van der Waals surface area contributed by atoms with E-state index in [0.29, 0.717) is 19.3 Å². The molecule has 0 rings (SSSR count). The van der Waals surface area contributed by atoms with Gasteiger partial charge in [0.15, 0.2) is 6.10 Å². The lowest BCUT2D eigenvalue weighted by molar-refractivity contribution is -0.167. The molecule has 1 atom stereocenters. The Kier molecular flexibility index (Phi) is 68.6. The van der Waals surface area contributed by atoms with Crippen molar-refractivity contribution in [3.63, 3.8) is 0 Å². The molecule has 1 unspecified atom stereocenters. The quantitative estimate of drug-likeness (QED) is 0.0261. The molecule has 0 aliphatic rings. The average molecular weight is 1150 g/mol. The van der Waals surface area contributed by atoms with Crippen LogP contribution >= 0.6 is 0 Å². The topological polar surface area (TPSA) is 78.9 Å². The third-order valence-electron chi connectivity index (χ3n) is 16.6. The van der Waals surface area contributed by atoms with Gasteiger partial charge in [-0.2, -0.15) is 0 Å². The highest BCUT2D eigenvalue weighted by molar-refractivity contribution is 5.71. The number of carbonyl (C=O) groups excluding carboxylic acids is 3.